The number of carbonyl (C=O) groups excluding carboxylic acids is 1. The molecule has 1 fully saturated rings. The van der Waals surface area contributed by atoms with E-state index in [0.717, 1.165) is 23.3 Å². The highest BCUT2D eigenvalue weighted by Crippen LogP contribution is 2.42. The second kappa shape index (κ2) is 6.99. The Kier molecular flexibility index (Phi) is 4.77. The van der Waals surface area contributed by atoms with Gasteiger partial charge in [-0.2, -0.15) is 13.2 Å². The number of rotatable bonds is 3. The number of halogens is 3. The summed E-state index contributed by atoms with van der Waals surface area (Å²) >= 11 is 0. The van der Waals surface area contributed by atoms with Crippen LogP contribution in [0.1, 0.15) is 30.4 Å². The lowest BCUT2D eigenvalue weighted by Crippen LogP contribution is -2.57. The maximum Gasteiger partial charge on any atom is 0.406 e. The Hall–Kier alpha value is -2.22. The van der Waals surface area contributed by atoms with E-state index in [9.17, 15) is 18.0 Å². The number of aromatic amines is 1. The van der Waals surface area contributed by atoms with Crippen LogP contribution in [0, 0.1) is 0 Å². The van der Waals surface area contributed by atoms with Crippen LogP contribution in [-0.4, -0.2) is 65.8 Å². The first-order valence-corrected chi connectivity index (χ1v) is 9.68. The SMILES string of the molecule is CCN(CC(F)(F)F)C(=O)NC1CC2c3cccc4[nH]cc(c34)CC2N(C)C1. The molecular formula is C20H25F3N4O. The Bertz CT molecular complexity index is 878. The number of hydrogen-bond acceptors (Lipinski definition) is 2. The third-order valence-corrected chi connectivity index (χ3v) is 6.09. The van der Waals surface area contributed by atoms with Crippen molar-refractivity contribution < 1.29 is 18.0 Å². The Morgan fingerprint density at radius 2 is 2.18 bits per heavy atom. The van der Waals surface area contributed by atoms with Crippen LogP contribution in [-0.2, 0) is 6.42 Å². The molecule has 0 radical (unpaired) electrons. The topological polar surface area (TPSA) is 51.4 Å². The highest BCUT2D eigenvalue weighted by atomic mass is 19.4. The van der Waals surface area contributed by atoms with Crippen molar-refractivity contribution in [2.24, 2.45) is 0 Å². The molecule has 0 saturated carbocycles. The van der Waals surface area contributed by atoms with E-state index in [1.807, 2.05) is 13.1 Å². The smallest absolute Gasteiger partial charge is 0.361 e. The van der Waals surface area contributed by atoms with Gasteiger partial charge in [-0.1, -0.05) is 12.1 Å². The number of likely N-dealkylation sites (N-methyl/N-ethyl adjacent to an activating group) is 1. The number of piperidine rings is 1. The molecule has 1 aliphatic heterocycles. The highest BCUT2D eigenvalue weighted by molar-refractivity contribution is 5.88. The van der Waals surface area contributed by atoms with E-state index in [-0.39, 0.29) is 18.5 Å². The van der Waals surface area contributed by atoms with Gasteiger partial charge in [0, 0.05) is 48.2 Å². The molecule has 2 aromatic rings. The summed E-state index contributed by atoms with van der Waals surface area (Å²) in [5, 5.41) is 4.10. The molecule has 1 aromatic heterocycles. The van der Waals surface area contributed by atoms with Gasteiger partial charge in [-0.05, 0) is 44.0 Å². The molecule has 8 heteroatoms. The van der Waals surface area contributed by atoms with E-state index in [1.165, 1.54) is 16.5 Å². The summed E-state index contributed by atoms with van der Waals surface area (Å²) in [4.78, 5) is 18.8. The molecule has 1 aromatic carbocycles. The molecule has 152 valence electrons. The number of fused-ring (bicyclic) bond motifs is 2. The number of alkyl halides is 3. The number of aromatic nitrogens is 1. The molecule has 3 atom stereocenters. The van der Waals surface area contributed by atoms with Crippen LogP contribution in [0.4, 0.5) is 18.0 Å². The number of likely N-dealkylation sites (tertiary alicyclic amines) is 1. The van der Waals surface area contributed by atoms with Crippen molar-refractivity contribution >= 4 is 16.9 Å². The monoisotopic (exact) mass is 394 g/mol. The van der Waals surface area contributed by atoms with Crippen LogP contribution >= 0.6 is 0 Å². The van der Waals surface area contributed by atoms with Gasteiger partial charge in [0.2, 0.25) is 0 Å². The second-order valence-corrected chi connectivity index (χ2v) is 7.91. The van der Waals surface area contributed by atoms with Gasteiger partial charge in [-0.3, -0.25) is 0 Å². The summed E-state index contributed by atoms with van der Waals surface area (Å²) in [7, 11) is 2.03. The zero-order valence-corrected chi connectivity index (χ0v) is 16.0. The summed E-state index contributed by atoms with van der Waals surface area (Å²) in [6, 6.07) is 5.73. The third kappa shape index (κ3) is 3.45. The van der Waals surface area contributed by atoms with E-state index in [1.54, 1.807) is 6.92 Å². The lowest BCUT2D eigenvalue weighted by Gasteiger charge is -2.46. The molecule has 2 amide bonds. The lowest BCUT2D eigenvalue weighted by molar-refractivity contribution is -0.139. The van der Waals surface area contributed by atoms with Gasteiger partial charge >= 0.3 is 12.2 Å². The average molecular weight is 394 g/mol. The van der Waals surface area contributed by atoms with E-state index < -0.39 is 18.8 Å². The van der Waals surface area contributed by atoms with Gasteiger partial charge < -0.3 is 20.1 Å². The fraction of sp³-hybridized carbons (Fsp3) is 0.550. The van der Waals surface area contributed by atoms with Gasteiger partial charge in [-0.25, -0.2) is 4.79 Å². The van der Waals surface area contributed by atoms with Crippen LogP contribution in [0.15, 0.2) is 24.4 Å². The first-order chi connectivity index (χ1) is 13.3. The maximum absolute atomic E-state index is 12.7. The maximum atomic E-state index is 12.7. The molecule has 28 heavy (non-hydrogen) atoms. The van der Waals surface area contributed by atoms with E-state index >= 15 is 0 Å². The van der Waals surface area contributed by atoms with Crippen molar-refractivity contribution in [3.63, 3.8) is 0 Å². The highest BCUT2D eigenvalue weighted by Gasteiger charge is 2.40. The van der Waals surface area contributed by atoms with Crippen molar-refractivity contribution in [3.05, 3.63) is 35.5 Å². The molecule has 0 bridgehead atoms. The minimum atomic E-state index is -4.40. The first kappa shape index (κ1) is 19.1. The predicted octanol–water partition coefficient (Wildman–Crippen LogP) is 3.47. The zero-order chi connectivity index (χ0) is 20.1. The number of nitrogens with one attached hydrogen (secondary N) is 2. The summed E-state index contributed by atoms with van der Waals surface area (Å²) in [5.74, 6) is 0.244. The Labute approximate surface area is 161 Å². The minimum absolute atomic E-state index is 0.0198. The van der Waals surface area contributed by atoms with E-state index in [4.69, 9.17) is 0 Å². The lowest BCUT2D eigenvalue weighted by atomic mass is 9.74. The summed E-state index contributed by atoms with van der Waals surface area (Å²) in [6.07, 6.45) is -0.657. The molecule has 1 saturated heterocycles. The second-order valence-electron chi connectivity index (χ2n) is 7.91. The Balaban J connectivity index is 1.53. The van der Waals surface area contributed by atoms with Gasteiger partial charge in [0.1, 0.15) is 6.54 Å². The fourth-order valence-corrected chi connectivity index (χ4v) is 4.86. The molecule has 2 heterocycles. The van der Waals surface area contributed by atoms with Crippen molar-refractivity contribution in [2.45, 2.75) is 43.9 Å². The number of hydrogen-bond donors (Lipinski definition) is 2. The molecule has 0 spiro atoms. The van der Waals surface area contributed by atoms with Gasteiger partial charge in [-0.15, -0.1) is 0 Å². The van der Waals surface area contributed by atoms with E-state index in [2.05, 4.69) is 33.5 Å². The molecule has 2 N–H and O–H groups in total. The van der Waals surface area contributed by atoms with Crippen LogP contribution < -0.4 is 5.32 Å². The number of amides is 2. The number of carbonyl (C=O) groups is 1. The molecule has 1 aliphatic carbocycles. The van der Waals surface area contributed by atoms with Gasteiger partial charge in [0.15, 0.2) is 0 Å². The third-order valence-electron chi connectivity index (χ3n) is 6.09. The molecule has 2 aliphatic rings. The number of nitrogens with zero attached hydrogens (tertiary/aromatic N) is 2. The van der Waals surface area contributed by atoms with Gasteiger partial charge in [0.05, 0.1) is 0 Å². The van der Waals surface area contributed by atoms with Crippen molar-refractivity contribution in [3.8, 4) is 0 Å². The van der Waals surface area contributed by atoms with Crippen molar-refractivity contribution in [1.82, 2.24) is 20.1 Å². The number of benzene rings is 1. The zero-order valence-electron chi connectivity index (χ0n) is 16.0. The van der Waals surface area contributed by atoms with Crippen LogP contribution in [0.2, 0.25) is 0 Å². The van der Waals surface area contributed by atoms with Gasteiger partial charge in [0.25, 0.3) is 0 Å². The van der Waals surface area contributed by atoms with Crippen LogP contribution in [0.3, 0.4) is 0 Å². The Morgan fingerprint density at radius 3 is 2.89 bits per heavy atom. The normalized spacial score (nSPS) is 24.8. The molecule has 5 nitrogen and oxygen atoms in total. The van der Waals surface area contributed by atoms with Crippen molar-refractivity contribution in [1.29, 1.82) is 0 Å². The standard InChI is InChI=1S/C20H25F3N4O/c1-3-27(11-20(21,22)23)19(28)25-13-8-15-14-5-4-6-16-18(14)12(9-24-16)7-17(15)26(2)10-13/h4-6,9,13,15,17,24H,3,7-8,10-11H2,1-2H3,(H,25,28). The summed E-state index contributed by atoms with van der Waals surface area (Å²) in [6.45, 7) is 0.984. The quantitative estimate of drug-likeness (QED) is 0.838. The predicted molar refractivity (Wildman–Crippen MR) is 101 cm³/mol. The fourth-order valence-electron chi connectivity index (χ4n) is 4.86. The summed E-state index contributed by atoms with van der Waals surface area (Å²) < 4.78 is 38.2. The van der Waals surface area contributed by atoms with Crippen LogP contribution in [0.5, 0.6) is 0 Å². The average Bonchev–Trinajstić information content (AvgIpc) is 3.04. The largest absolute Gasteiger partial charge is 0.406 e. The summed E-state index contributed by atoms with van der Waals surface area (Å²) in [5.41, 5.74) is 3.68. The molecule has 4 rings (SSSR count). The van der Waals surface area contributed by atoms with Crippen molar-refractivity contribution in [2.75, 3.05) is 26.7 Å². The van der Waals surface area contributed by atoms with E-state index in [0.29, 0.717) is 12.6 Å². The minimum Gasteiger partial charge on any atom is -0.361 e. The number of H-pyrrole nitrogens is 1. The first-order valence-electron chi connectivity index (χ1n) is 9.68. The van der Waals surface area contributed by atoms with Crippen LogP contribution in [0.25, 0.3) is 10.9 Å². The molecule has 3 unspecified atom stereocenters. The number of urea groups is 1. The molecular weight excluding hydrogens is 369 g/mol. The Morgan fingerprint density at radius 1 is 1.39 bits per heavy atom.